The summed E-state index contributed by atoms with van der Waals surface area (Å²) < 4.78 is 17.2. The third-order valence-electron chi connectivity index (χ3n) is 9.88. The van der Waals surface area contributed by atoms with Crippen LogP contribution in [-0.2, 0) is 6.54 Å². The monoisotopic (exact) mass is 680 g/mol. The fraction of sp³-hybridized carbons (Fsp3) is 0.395. The highest BCUT2D eigenvalue weighted by Crippen LogP contribution is 2.34. The zero-order chi connectivity index (χ0) is 34.2. The molecule has 7 rings (SSSR count). The van der Waals surface area contributed by atoms with Gasteiger partial charge in [0.05, 0.1) is 22.3 Å². The first-order valence-corrected chi connectivity index (χ1v) is 18.0. The summed E-state index contributed by atoms with van der Waals surface area (Å²) in [5.74, 6) is -0.465. The Morgan fingerprint density at radius 1 is 0.980 bits per heavy atom. The van der Waals surface area contributed by atoms with Crippen molar-refractivity contribution >= 4 is 28.2 Å². The van der Waals surface area contributed by atoms with Crippen LogP contribution in [0, 0.1) is 18.7 Å². The van der Waals surface area contributed by atoms with E-state index in [1.807, 2.05) is 31.2 Å². The van der Waals surface area contributed by atoms with Crippen LogP contribution >= 0.6 is 11.3 Å². The second-order valence-electron chi connectivity index (χ2n) is 13.8. The van der Waals surface area contributed by atoms with E-state index in [9.17, 15) is 18.8 Å². The Bertz CT molecular complexity index is 2100. The van der Waals surface area contributed by atoms with Crippen LogP contribution in [0.5, 0.6) is 0 Å². The Morgan fingerprint density at radius 2 is 1.71 bits per heavy atom. The molecule has 254 valence electrons. The number of carbonyl (C=O) groups excluding carboxylic acids is 1. The summed E-state index contributed by atoms with van der Waals surface area (Å²) in [5, 5.41) is 6.30. The van der Waals surface area contributed by atoms with Gasteiger partial charge in [0.15, 0.2) is 11.4 Å². The molecule has 5 aromatic rings. The first-order chi connectivity index (χ1) is 23.6. The summed E-state index contributed by atoms with van der Waals surface area (Å²) in [6.45, 7) is 9.20. The van der Waals surface area contributed by atoms with Crippen LogP contribution in [0.1, 0.15) is 73.1 Å². The molecule has 1 N–H and O–H groups in total. The zero-order valence-electron chi connectivity index (χ0n) is 28.1. The van der Waals surface area contributed by atoms with Crippen molar-refractivity contribution in [3.05, 3.63) is 109 Å². The molecule has 4 heterocycles. The standard InChI is InChI=1S/C38H41FN6O3S/c1-23-19-43(20-24(2)41-23)21-27-7-11-28(12-8-27)29-5-4-6-32(16-29)44-36-33(17-30(39)18-40-36)37(47)45(38(44)48)31-13-9-26(10-14-31)15-35(46)34-22-49-25(3)42-34/h4-8,11-12,16-18,22-24,26,31,41H,9-10,13-15,19-21H2,1-3H3/t23-,24+,26?,31?. The van der Waals surface area contributed by atoms with Gasteiger partial charge in [-0.2, -0.15) is 0 Å². The molecule has 1 saturated heterocycles. The predicted molar refractivity (Wildman–Crippen MR) is 191 cm³/mol. The molecule has 1 aliphatic heterocycles. The number of rotatable bonds is 8. The number of nitrogens with one attached hydrogen (secondary N) is 1. The molecule has 0 unspecified atom stereocenters. The minimum atomic E-state index is -0.639. The molecule has 0 bridgehead atoms. The highest BCUT2D eigenvalue weighted by atomic mass is 32.1. The maximum absolute atomic E-state index is 14.5. The van der Waals surface area contributed by atoms with Crippen molar-refractivity contribution in [3.63, 3.8) is 0 Å². The molecule has 2 fully saturated rings. The van der Waals surface area contributed by atoms with Gasteiger partial charge in [0.25, 0.3) is 5.56 Å². The molecule has 1 saturated carbocycles. The van der Waals surface area contributed by atoms with E-state index in [1.165, 1.54) is 32.1 Å². The Kier molecular flexibility index (Phi) is 9.41. The minimum absolute atomic E-state index is 0.0258. The number of aryl methyl sites for hydroxylation is 1. The molecule has 2 atom stereocenters. The number of benzene rings is 2. The summed E-state index contributed by atoms with van der Waals surface area (Å²) >= 11 is 1.46. The minimum Gasteiger partial charge on any atom is -0.309 e. The maximum Gasteiger partial charge on any atom is 0.337 e. The van der Waals surface area contributed by atoms with Crippen molar-refractivity contribution in [1.29, 1.82) is 0 Å². The molecule has 2 aliphatic rings. The highest BCUT2D eigenvalue weighted by molar-refractivity contribution is 7.09. The second kappa shape index (κ2) is 13.9. The van der Waals surface area contributed by atoms with Gasteiger partial charge in [0, 0.05) is 49.6 Å². The van der Waals surface area contributed by atoms with Crippen LogP contribution < -0.4 is 16.6 Å². The van der Waals surface area contributed by atoms with Gasteiger partial charge in [-0.25, -0.2) is 23.7 Å². The lowest BCUT2D eigenvalue weighted by Gasteiger charge is -2.36. The van der Waals surface area contributed by atoms with Gasteiger partial charge in [-0.1, -0.05) is 36.4 Å². The number of carbonyl (C=O) groups is 1. The molecule has 1 aliphatic carbocycles. The van der Waals surface area contributed by atoms with Gasteiger partial charge in [0.2, 0.25) is 0 Å². The number of Topliss-reactive ketones (excluding diaryl/α,β-unsaturated/α-hetero) is 1. The van der Waals surface area contributed by atoms with Crippen molar-refractivity contribution in [3.8, 4) is 16.8 Å². The third kappa shape index (κ3) is 7.06. The number of thiazole rings is 1. The lowest BCUT2D eigenvalue weighted by atomic mass is 9.82. The number of pyridine rings is 1. The molecule has 0 amide bonds. The molecule has 0 spiro atoms. The lowest BCUT2D eigenvalue weighted by molar-refractivity contribution is 0.0938. The van der Waals surface area contributed by atoms with E-state index in [1.54, 1.807) is 5.38 Å². The highest BCUT2D eigenvalue weighted by Gasteiger charge is 2.29. The Balaban J connectivity index is 1.16. The predicted octanol–water partition coefficient (Wildman–Crippen LogP) is 6.30. The fourth-order valence-corrected chi connectivity index (χ4v) is 8.27. The number of aromatic nitrogens is 4. The average Bonchev–Trinajstić information content (AvgIpc) is 3.52. The van der Waals surface area contributed by atoms with E-state index in [0.29, 0.717) is 55.6 Å². The summed E-state index contributed by atoms with van der Waals surface area (Å²) in [6.07, 6.45) is 3.96. The molecule has 11 heteroatoms. The summed E-state index contributed by atoms with van der Waals surface area (Å²) in [7, 11) is 0. The Labute approximate surface area is 288 Å². The van der Waals surface area contributed by atoms with Crippen LogP contribution in [0.2, 0.25) is 0 Å². The quantitative estimate of drug-likeness (QED) is 0.192. The number of piperazine rings is 1. The van der Waals surface area contributed by atoms with Crippen LogP contribution in [-0.4, -0.2) is 55.0 Å². The average molecular weight is 681 g/mol. The van der Waals surface area contributed by atoms with Gasteiger partial charge in [-0.05, 0) is 87.3 Å². The number of halogens is 1. The van der Waals surface area contributed by atoms with Crippen molar-refractivity contribution in [2.45, 2.75) is 77.5 Å². The number of fused-ring (bicyclic) bond motifs is 1. The van der Waals surface area contributed by atoms with Gasteiger partial charge in [0.1, 0.15) is 11.5 Å². The van der Waals surface area contributed by atoms with Crippen LogP contribution in [0.15, 0.2) is 75.8 Å². The number of hydrogen-bond acceptors (Lipinski definition) is 8. The molecular formula is C38H41FN6O3S. The molecule has 9 nitrogen and oxygen atoms in total. The SMILES string of the molecule is Cc1nc(C(=O)CC2CCC(n3c(=O)c4cc(F)cnc4n(-c4cccc(-c5ccc(CN6C[C@@H](C)N[C@@H](C)C6)cc5)c4)c3=O)CC2)cs1. The molecule has 3 aromatic heterocycles. The van der Waals surface area contributed by atoms with E-state index in [4.69, 9.17) is 0 Å². The van der Waals surface area contributed by atoms with Crippen LogP contribution in [0.4, 0.5) is 4.39 Å². The number of hydrogen-bond donors (Lipinski definition) is 1. The molecule has 49 heavy (non-hydrogen) atoms. The largest absolute Gasteiger partial charge is 0.337 e. The Morgan fingerprint density at radius 3 is 2.41 bits per heavy atom. The molecule has 0 radical (unpaired) electrons. The van der Waals surface area contributed by atoms with Crippen molar-refractivity contribution in [2.75, 3.05) is 13.1 Å². The first-order valence-electron chi connectivity index (χ1n) is 17.1. The zero-order valence-corrected chi connectivity index (χ0v) is 28.9. The van der Waals surface area contributed by atoms with E-state index >= 15 is 0 Å². The van der Waals surface area contributed by atoms with Crippen molar-refractivity contribution in [1.82, 2.24) is 29.3 Å². The Hall–Kier alpha value is -4.32. The summed E-state index contributed by atoms with van der Waals surface area (Å²) in [6, 6.07) is 17.8. The van der Waals surface area contributed by atoms with E-state index in [2.05, 4.69) is 58.3 Å². The summed E-state index contributed by atoms with van der Waals surface area (Å²) in [5.41, 5.74) is 3.28. The third-order valence-corrected chi connectivity index (χ3v) is 10.7. The van der Waals surface area contributed by atoms with Crippen molar-refractivity contribution in [2.24, 2.45) is 5.92 Å². The van der Waals surface area contributed by atoms with Gasteiger partial charge < -0.3 is 5.32 Å². The normalized spacial score (nSPS) is 21.6. The molecule has 2 aromatic carbocycles. The van der Waals surface area contributed by atoms with E-state index in [-0.39, 0.29) is 28.8 Å². The van der Waals surface area contributed by atoms with E-state index < -0.39 is 17.1 Å². The lowest BCUT2D eigenvalue weighted by Crippen LogP contribution is -2.53. The van der Waals surface area contributed by atoms with Gasteiger partial charge >= 0.3 is 5.69 Å². The number of ketones is 1. The van der Waals surface area contributed by atoms with Gasteiger partial charge in [-0.15, -0.1) is 11.3 Å². The van der Waals surface area contributed by atoms with Crippen LogP contribution in [0.3, 0.4) is 0 Å². The topological polar surface area (TPSA) is 102 Å². The van der Waals surface area contributed by atoms with Crippen molar-refractivity contribution < 1.29 is 9.18 Å². The number of nitrogens with zero attached hydrogens (tertiary/aromatic N) is 5. The summed E-state index contributed by atoms with van der Waals surface area (Å²) in [4.78, 5) is 51.9. The fourth-order valence-electron chi connectivity index (χ4n) is 7.66. The maximum atomic E-state index is 14.5. The van der Waals surface area contributed by atoms with E-state index in [0.717, 1.165) is 42.0 Å². The second-order valence-corrected chi connectivity index (χ2v) is 14.8. The van der Waals surface area contributed by atoms with Gasteiger partial charge in [-0.3, -0.25) is 19.1 Å². The molecular weight excluding hydrogens is 640 g/mol. The smallest absolute Gasteiger partial charge is 0.309 e. The first kappa shape index (κ1) is 33.2. The van der Waals surface area contributed by atoms with Crippen LogP contribution in [0.25, 0.3) is 27.8 Å².